The molecule has 0 aliphatic carbocycles. The first-order valence-electron chi connectivity index (χ1n) is 11.2. The zero-order chi connectivity index (χ0) is 25.8. The molecule has 35 heavy (non-hydrogen) atoms. The highest BCUT2D eigenvalue weighted by Crippen LogP contribution is 2.26. The predicted octanol–water partition coefficient (Wildman–Crippen LogP) is 2.71. The first-order valence-corrected chi connectivity index (χ1v) is 11.8. The fourth-order valence-electron chi connectivity index (χ4n) is 3.74. The van der Waals surface area contributed by atoms with E-state index in [0.717, 1.165) is 6.20 Å². The summed E-state index contributed by atoms with van der Waals surface area (Å²) in [5, 5.41) is 9.56. The number of hydrogen-bond acceptors (Lipinski definition) is 6. The van der Waals surface area contributed by atoms with Gasteiger partial charge in [0.1, 0.15) is 17.0 Å². The number of aromatic nitrogens is 3. The molecule has 1 saturated heterocycles. The Kier molecular flexibility index (Phi) is 7.99. The number of hydrogen-bond donors (Lipinski definition) is 2. The molecule has 0 spiro atoms. The molecule has 3 amide bonds. The lowest BCUT2D eigenvalue weighted by Crippen LogP contribution is -2.64. The van der Waals surface area contributed by atoms with Gasteiger partial charge in [-0.05, 0) is 52.2 Å². The molecule has 1 atom stereocenters. The van der Waals surface area contributed by atoms with Crippen LogP contribution >= 0.6 is 11.6 Å². The number of likely N-dealkylation sites (tertiary alicyclic amines) is 1. The normalized spacial score (nSPS) is 16.3. The molecule has 1 aliphatic rings. The molecular weight excluding hydrogens is 479 g/mol. The second-order valence-corrected chi connectivity index (χ2v) is 9.75. The van der Waals surface area contributed by atoms with Crippen LogP contribution < -0.4 is 10.6 Å². The quantitative estimate of drug-likeness (QED) is 0.579. The van der Waals surface area contributed by atoms with Crippen molar-refractivity contribution in [2.75, 3.05) is 19.0 Å². The van der Waals surface area contributed by atoms with Crippen LogP contribution in [0.4, 0.5) is 9.18 Å². The van der Waals surface area contributed by atoms with Crippen LogP contribution in [-0.4, -0.2) is 67.7 Å². The van der Waals surface area contributed by atoms with E-state index in [-0.39, 0.29) is 37.7 Å². The van der Waals surface area contributed by atoms with Crippen LogP contribution in [0.15, 0.2) is 30.7 Å². The highest BCUT2D eigenvalue weighted by atomic mass is 35.5. The Labute approximate surface area is 208 Å². The maximum atomic E-state index is 13.4. The number of ether oxygens (including phenoxy) is 1. The van der Waals surface area contributed by atoms with Crippen molar-refractivity contribution < 1.29 is 23.5 Å². The molecule has 3 heterocycles. The van der Waals surface area contributed by atoms with Gasteiger partial charge in [-0.2, -0.15) is 5.10 Å². The summed E-state index contributed by atoms with van der Waals surface area (Å²) in [6.07, 6.45) is 3.80. The SMILES string of the molecule is C[C@H](NC(=O)C1(NC(=O)CCl)CCN(C(=O)OC(C)(C)C)CC1)c1ccc(-n2cc(F)cn2)nc1. The Hall–Kier alpha value is -3.21. The number of carbonyl (C=O) groups excluding carboxylic acids is 3. The second-order valence-electron chi connectivity index (χ2n) is 9.48. The average Bonchev–Trinajstić information content (AvgIpc) is 3.24. The molecule has 2 aromatic rings. The van der Waals surface area contributed by atoms with Gasteiger partial charge in [0.25, 0.3) is 0 Å². The largest absolute Gasteiger partial charge is 0.444 e. The zero-order valence-electron chi connectivity index (χ0n) is 20.2. The maximum Gasteiger partial charge on any atom is 0.410 e. The van der Waals surface area contributed by atoms with Gasteiger partial charge in [0.05, 0.1) is 18.4 Å². The number of halogens is 2. The van der Waals surface area contributed by atoms with Gasteiger partial charge >= 0.3 is 6.09 Å². The fourth-order valence-corrected chi connectivity index (χ4v) is 3.81. The van der Waals surface area contributed by atoms with Gasteiger partial charge in [-0.3, -0.25) is 9.59 Å². The minimum atomic E-state index is -1.22. The second kappa shape index (κ2) is 10.6. The highest BCUT2D eigenvalue weighted by Gasteiger charge is 2.44. The molecule has 1 aliphatic heterocycles. The number of alkyl halides is 1. The summed E-state index contributed by atoms with van der Waals surface area (Å²) in [6, 6.07) is 2.98. The van der Waals surface area contributed by atoms with E-state index in [4.69, 9.17) is 16.3 Å². The highest BCUT2D eigenvalue weighted by molar-refractivity contribution is 6.27. The van der Waals surface area contributed by atoms with E-state index >= 15 is 0 Å². The number of pyridine rings is 1. The average molecular weight is 509 g/mol. The van der Waals surface area contributed by atoms with Crippen molar-refractivity contribution >= 4 is 29.5 Å². The molecule has 2 N–H and O–H groups in total. The summed E-state index contributed by atoms with van der Waals surface area (Å²) >= 11 is 5.69. The smallest absolute Gasteiger partial charge is 0.410 e. The van der Waals surface area contributed by atoms with Crippen molar-refractivity contribution in [3.05, 3.63) is 42.1 Å². The third-order valence-corrected chi connectivity index (χ3v) is 5.85. The number of nitrogens with zero attached hydrogens (tertiary/aromatic N) is 4. The van der Waals surface area contributed by atoms with Crippen molar-refractivity contribution in [2.45, 2.75) is 57.7 Å². The minimum absolute atomic E-state index is 0.204. The third kappa shape index (κ3) is 6.68. The summed E-state index contributed by atoms with van der Waals surface area (Å²) in [5.41, 5.74) is -1.15. The zero-order valence-corrected chi connectivity index (χ0v) is 20.9. The lowest BCUT2D eigenvalue weighted by atomic mass is 9.86. The Morgan fingerprint density at radius 1 is 1.23 bits per heavy atom. The Balaban J connectivity index is 1.69. The standard InChI is InChI=1S/C23H30ClFN6O4/c1-15(16-5-6-18(26-12-16)31-14-17(25)13-27-31)28-20(33)23(29-19(32)11-24)7-9-30(10-8-23)21(34)35-22(2,3)4/h5-6,12-15H,7-11H2,1-4H3,(H,28,33)(H,29,32)/t15-/m0/s1. The van der Waals surface area contributed by atoms with E-state index in [1.807, 2.05) is 0 Å². The molecule has 2 aromatic heterocycles. The van der Waals surface area contributed by atoms with Crippen molar-refractivity contribution in [3.63, 3.8) is 0 Å². The third-order valence-electron chi connectivity index (χ3n) is 5.61. The number of amides is 3. The molecule has 0 radical (unpaired) electrons. The molecule has 0 aromatic carbocycles. The molecule has 0 saturated carbocycles. The van der Waals surface area contributed by atoms with Gasteiger partial charge in [-0.25, -0.2) is 18.9 Å². The van der Waals surface area contributed by atoms with Crippen molar-refractivity contribution in [1.82, 2.24) is 30.3 Å². The summed E-state index contributed by atoms with van der Waals surface area (Å²) in [5.74, 6) is -1.20. The molecule has 190 valence electrons. The van der Waals surface area contributed by atoms with E-state index in [1.165, 1.54) is 15.8 Å². The van der Waals surface area contributed by atoms with Gasteiger partial charge in [-0.1, -0.05) is 6.07 Å². The molecular formula is C23H30ClFN6O4. The monoisotopic (exact) mass is 508 g/mol. The van der Waals surface area contributed by atoms with Gasteiger partial charge in [0.2, 0.25) is 11.8 Å². The molecule has 0 bridgehead atoms. The van der Waals surface area contributed by atoms with Crippen LogP contribution in [-0.2, 0) is 14.3 Å². The van der Waals surface area contributed by atoms with Crippen molar-refractivity contribution in [1.29, 1.82) is 0 Å². The van der Waals surface area contributed by atoms with E-state index in [2.05, 4.69) is 20.7 Å². The van der Waals surface area contributed by atoms with Crippen LogP contribution in [0.2, 0.25) is 0 Å². The van der Waals surface area contributed by atoms with E-state index in [0.29, 0.717) is 11.4 Å². The van der Waals surface area contributed by atoms with Crippen LogP contribution in [0.25, 0.3) is 5.82 Å². The summed E-state index contributed by atoms with van der Waals surface area (Å²) in [7, 11) is 0. The van der Waals surface area contributed by atoms with E-state index in [9.17, 15) is 18.8 Å². The summed E-state index contributed by atoms with van der Waals surface area (Å²) in [6.45, 7) is 7.59. The van der Waals surface area contributed by atoms with Crippen LogP contribution in [0.1, 0.15) is 52.1 Å². The van der Waals surface area contributed by atoms with Gasteiger partial charge < -0.3 is 20.3 Å². The first kappa shape index (κ1) is 26.4. The number of nitrogens with one attached hydrogen (secondary N) is 2. The molecule has 10 nitrogen and oxygen atoms in total. The van der Waals surface area contributed by atoms with E-state index < -0.39 is 35.0 Å². The number of carbonyl (C=O) groups is 3. The fraction of sp³-hybridized carbons (Fsp3) is 0.522. The molecule has 0 unspecified atom stereocenters. The minimum Gasteiger partial charge on any atom is -0.444 e. The predicted molar refractivity (Wildman–Crippen MR) is 127 cm³/mol. The van der Waals surface area contributed by atoms with Crippen LogP contribution in [0, 0.1) is 5.82 Å². The van der Waals surface area contributed by atoms with Gasteiger partial charge in [0, 0.05) is 19.3 Å². The molecule has 3 rings (SSSR count). The number of rotatable bonds is 6. The van der Waals surface area contributed by atoms with Crippen LogP contribution in [0.5, 0.6) is 0 Å². The van der Waals surface area contributed by atoms with Crippen molar-refractivity contribution in [2.24, 2.45) is 0 Å². The van der Waals surface area contributed by atoms with Crippen molar-refractivity contribution in [3.8, 4) is 5.82 Å². The Bertz CT molecular complexity index is 1060. The maximum absolute atomic E-state index is 13.4. The summed E-state index contributed by atoms with van der Waals surface area (Å²) < 4.78 is 19.9. The van der Waals surface area contributed by atoms with Crippen LogP contribution in [0.3, 0.4) is 0 Å². The molecule has 12 heteroatoms. The van der Waals surface area contributed by atoms with Gasteiger partial charge in [0.15, 0.2) is 11.6 Å². The van der Waals surface area contributed by atoms with Gasteiger partial charge in [-0.15, -0.1) is 11.6 Å². The Morgan fingerprint density at radius 3 is 2.43 bits per heavy atom. The lowest BCUT2D eigenvalue weighted by molar-refractivity contribution is -0.135. The first-order chi connectivity index (χ1) is 16.4. The summed E-state index contributed by atoms with van der Waals surface area (Å²) in [4.78, 5) is 43.7. The van der Waals surface area contributed by atoms with E-state index in [1.54, 1.807) is 46.0 Å². The topological polar surface area (TPSA) is 118 Å². The Morgan fingerprint density at radius 2 is 1.91 bits per heavy atom. The number of piperidine rings is 1. The molecule has 1 fully saturated rings. The lowest BCUT2D eigenvalue weighted by Gasteiger charge is -2.41.